The quantitative estimate of drug-likeness (QED) is 0.697. The molecule has 1 unspecified atom stereocenters. The zero-order chi connectivity index (χ0) is 19.6. The average Bonchev–Trinajstić information content (AvgIpc) is 3.07. The maximum atomic E-state index is 12.6. The Morgan fingerprint density at radius 2 is 1.93 bits per heavy atom. The van der Waals surface area contributed by atoms with Crippen LogP contribution in [-0.4, -0.2) is 27.2 Å². The average molecular weight is 387 g/mol. The number of carbonyl (C=O) groups excluding carboxylic acids is 1. The number of nitrogens with one attached hydrogen (secondary N) is 1. The number of benzene rings is 2. The van der Waals surface area contributed by atoms with Gasteiger partial charge in [0.05, 0.1) is 23.1 Å². The molecule has 0 bridgehead atoms. The molecule has 3 rings (SSSR count). The Hall–Kier alpha value is -2.80. The van der Waals surface area contributed by atoms with Crippen molar-refractivity contribution in [2.45, 2.75) is 24.8 Å². The Morgan fingerprint density at radius 3 is 2.63 bits per heavy atom. The third kappa shape index (κ3) is 3.98. The van der Waals surface area contributed by atoms with Crippen molar-refractivity contribution < 1.29 is 22.4 Å². The number of rotatable bonds is 6. The van der Waals surface area contributed by atoms with Gasteiger partial charge in [-0.3, -0.25) is 4.79 Å². The largest absolute Gasteiger partial charge is 0.490 e. The van der Waals surface area contributed by atoms with Crippen molar-refractivity contribution in [2.24, 2.45) is 0 Å². The summed E-state index contributed by atoms with van der Waals surface area (Å²) in [7, 11) is -3.51. The maximum Gasteiger partial charge on any atom is 0.253 e. The van der Waals surface area contributed by atoms with Crippen LogP contribution in [0.1, 0.15) is 36.0 Å². The van der Waals surface area contributed by atoms with Gasteiger partial charge in [0, 0.05) is 11.6 Å². The van der Waals surface area contributed by atoms with Crippen LogP contribution in [0, 0.1) is 0 Å². The molecule has 0 radical (unpaired) electrons. The minimum absolute atomic E-state index is 0.00191. The molecule has 0 aliphatic rings. The predicted molar refractivity (Wildman–Crippen MR) is 103 cm³/mol. The Morgan fingerprint density at radius 1 is 1.19 bits per heavy atom. The Labute approximate surface area is 158 Å². The van der Waals surface area contributed by atoms with Crippen molar-refractivity contribution in [3.05, 3.63) is 59.9 Å². The van der Waals surface area contributed by atoms with Gasteiger partial charge in [0.25, 0.3) is 5.91 Å². The lowest BCUT2D eigenvalue weighted by molar-refractivity contribution is 0.0932. The molecule has 3 aromatic rings. The summed E-state index contributed by atoms with van der Waals surface area (Å²) in [6.07, 6.45) is 1.08. The van der Waals surface area contributed by atoms with Crippen LogP contribution in [0.5, 0.6) is 5.75 Å². The van der Waals surface area contributed by atoms with E-state index in [4.69, 9.17) is 9.15 Å². The molecule has 0 aliphatic carbocycles. The van der Waals surface area contributed by atoms with E-state index in [1.54, 1.807) is 19.1 Å². The van der Waals surface area contributed by atoms with Gasteiger partial charge >= 0.3 is 0 Å². The number of hydrogen-bond acceptors (Lipinski definition) is 5. The van der Waals surface area contributed by atoms with Crippen molar-refractivity contribution in [3.8, 4) is 5.75 Å². The van der Waals surface area contributed by atoms with Crippen molar-refractivity contribution in [3.63, 3.8) is 0 Å². The summed E-state index contributed by atoms with van der Waals surface area (Å²) in [5.41, 5.74) is 0.727. The van der Waals surface area contributed by atoms with Gasteiger partial charge in [-0.05, 0) is 38.1 Å². The van der Waals surface area contributed by atoms with Gasteiger partial charge in [-0.1, -0.05) is 24.3 Å². The van der Waals surface area contributed by atoms with E-state index in [-0.39, 0.29) is 10.5 Å². The fourth-order valence-corrected chi connectivity index (χ4v) is 3.75. The van der Waals surface area contributed by atoms with E-state index in [1.807, 2.05) is 31.2 Å². The van der Waals surface area contributed by atoms with Gasteiger partial charge in [0.2, 0.25) is 0 Å². The molecular formula is C20H21NO5S. The van der Waals surface area contributed by atoms with E-state index in [0.717, 1.165) is 11.6 Å². The number of hydrogen-bond donors (Lipinski definition) is 1. The maximum absolute atomic E-state index is 12.6. The summed E-state index contributed by atoms with van der Waals surface area (Å²) in [5.74, 6) is 0.721. The first-order valence-corrected chi connectivity index (χ1v) is 10.5. The summed E-state index contributed by atoms with van der Waals surface area (Å²) in [6, 6.07) is 13.1. The molecule has 0 saturated heterocycles. The van der Waals surface area contributed by atoms with Crippen LogP contribution < -0.4 is 10.1 Å². The van der Waals surface area contributed by atoms with Crippen LogP contribution in [0.4, 0.5) is 0 Å². The highest BCUT2D eigenvalue weighted by Crippen LogP contribution is 2.31. The van der Waals surface area contributed by atoms with E-state index in [0.29, 0.717) is 23.7 Å². The Balaban J connectivity index is 1.88. The van der Waals surface area contributed by atoms with Gasteiger partial charge in [-0.25, -0.2) is 8.42 Å². The summed E-state index contributed by atoms with van der Waals surface area (Å²) in [6.45, 7) is 4.19. The highest BCUT2D eigenvalue weighted by molar-refractivity contribution is 7.90. The third-order valence-corrected chi connectivity index (χ3v) is 5.29. The molecule has 1 atom stereocenters. The fraction of sp³-hybridized carbons (Fsp3) is 0.250. The van der Waals surface area contributed by atoms with E-state index in [2.05, 4.69) is 5.32 Å². The van der Waals surface area contributed by atoms with Crippen LogP contribution in [0.15, 0.2) is 57.8 Å². The minimum Gasteiger partial charge on any atom is -0.490 e. The summed E-state index contributed by atoms with van der Waals surface area (Å²) in [4.78, 5) is 12.6. The van der Waals surface area contributed by atoms with Crippen LogP contribution >= 0.6 is 0 Å². The van der Waals surface area contributed by atoms with Gasteiger partial charge in [-0.15, -0.1) is 0 Å². The molecule has 1 amide bonds. The molecule has 1 N–H and O–H groups in total. The lowest BCUT2D eigenvalue weighted by Gasteiger charge is -2.13. The topological polar surface area (TPSA) is 85.6 Å². The van der Waals surface area contributed by atoms with Crippen molar-refractivity contribution >= 4 is 26.7 Å². The number of amides is 1. The van der Waals surface area contributed by atoms with Gasteiger partial charge in [0.15, 0.2) is 21.2 Å². The summed E-state index contributed by atoms with van der Waals surface area (Å²) < 4.78 is 35.3. The third-order valence-electron chi connectivity index (χ3n) is 4.13. The zero-order valence-corrected chi connectivity index (χ0v) is 16.2. The second-order valence-corrected chi connectivity index (χ2v) is 8.20. The summed E-state index contributed by atoms with van der Waals surface area (Å²) >= 11 is 0. The van der Waals surface area contributed by atoms with E-state index in [9.17, 15) is 13.2 Å². The second-order valence-electron chi connectivity index (χ2n) is 6.22. The highest BCUT2D eigenvalue weighted by Gasteiger charge is 2.21. The lowest BCUT2D eigenvalue weighted by Crippen LogP contribution is -2.27. The number of carbonyl (C=O) groups is 1. The normalized spacial score (nSPS) is 12.7. The molecule has 2 aromatic carbocycles. The number of ether oxygens (including phenoxy) is 1. The van der Waals surface area contributed by atoms with Crippen LogP contribution in [0.3, 0.4) is 0 Å². The van der Waals surface area contributed by atoms with Crippen molar-refractivity contribution in [1.29, 1.82) is 0 Å². The predicted octanol–water partition coefficient (Wildman–Crippen LogP) is 3.73. The SMILES string of the molecule is CCOc1cccc2cc(C(C)NC(=O)c3ccccc3S(C)(=O)=O)oc12. The van der Waals surface area contributed by atoms with E-state index < -0.39 is 21.8 Å². The first kappa shape index (κ1) is 19.0. The smallest absolute Gasteiger partial charge is 0.253 e. The Bertz CT molecular complexity index is 1080. The van der Waals surface area contributed by atoms with Crippen molar-refractivity contribution in [2.75, 3.05) is 12.9 Å². The van der Waals surface area contributed by atoms with Gasteiger partial charge < -0.3 is 14.5 Å². The molecule has 1 aromatic heterocycles. The molecule has 27 heavy (non-hydrogen) atoms. The first-order chi connectivity index (χ1) is 12.8. The molecule has 0 fully saturated rings. The van der Waals surface area contributed by atoms with Crippen molar-refractivity contribution in [1.82, 2.24) is 5.32 Å². The molecule has 1 heterocycles. The minimum atomic E-state index is -3.51. The van der Waals surface area contributed by atoms with Crippen LogP contribution in [0.2, 0.25) is 0 Å². The molecule has 6 nitrogen and oxygen atoms in total. The molecule has 142 valence electrons. The Kier molecular flexibility index (Phi) is 5.23. The second kappa shape index (κ2) is 7.44. The first-order valence-electron chi connectivity index (χ1n) is 8.56. The molecule has 0 spiro atoms. The molecule has 7 heteroatoms. The molecule has 0 saturated carbocycles. The zero-order valence-electron chi connectivity index (χ0n) is 15.4. The van der Waals surface area contributed by atoms with Crippen LogP contribution in [0.25, 0.3) is 11.0 Å². The number of furan rings is 1. The standard InChI is InChI=1S/C20H21NO5S/c1-4-25-16-10-7-8-14-12-17(26-19(14)16)13(2)21-20(22)15-9-5-6-11-18(15)27(3,23)24/h5-13H,4H2,1-3H3,(H,21,22). The fourth-order valence-electron chi connectivity index (χ4n) is 2.86. The van der Waals surface area contributed by atoms with Gasteiger partial charge in [0.1, 0.15) is 5.76 Å². The highest BCUT2D eigenvalue weighted by atomic mass is 32.2. The number of para-hydroxylation sites is 1. The van der Waals surface area contributed by atoms with Crippen LogP contribution in [-0.2, 0) is 9.84 Å². The van der Waals surface area contributed by atoms with E-state index >= 15 is 0 Å². The summed E-state index contributed by atoms with van der Waals surface area (Å²) in [5, 5.41) is 3.67. The monoisotopic (exact) mass is 387 g/mol. The van der Waals surface area contributed by atoms with Gasteiger partial charge in [-0.2, -0.15) is 0 Å². The number of fused-ring (bicyclic) bond motifs is 1. The molecular weight excluding hydrogens is 366 g/mol. The lowest BCUT2D eigenvalue weighted by atomic mass is 10.1. The van der Waals surface area contributed by atoms with E-state index in [1.165, 1.54) is 12.1 Å². The number of sulfone groups is 1. The molecule has 0 aliphatic heterocycles.